The van der Waals surface area contributed by atoms with Crippen LogP contribution in [-0.4, -0.2) is 23.9 Å². The molecule has 0 unspecified atom stereocenters. The fourth-order valence-corrected chi connectivity index (χ4v) is 7.08. The van der Waals surface area contributed by atoms with Gasteiger partial charge in [0.1, 0.15) is 5.76 Å². The number of hydrazone groups is 1. The minimum atomic E-state index is -1.09. The molecule has 1 aliphatic heterocycles. The van der Waals surface area contributed by atoms with Crippen molar-refractivity contribution in [3.05, 3.63) is 123 Å². The van der Waals surface area contributed by atoms with Crippen molar-refractivity contribution in [2.24, 2.45) is 16.9 Å². The normalized spacial score (nSPS) is 24.3. The van der Waals surface area contributed by atoms with E-state index in [0.29, 0.717) is 16.5 Å². The number of imide groups is 1. The Hall–Kier alpha value is -4.49. The molecule has 1 saturated heterocycles. The lowest BCUT2D eigenvalue weighted by Crippen LogP contribution is -2.54. The van der Waals surface area contributed by atoms with Crippen molar-refractivity contribution in [2.75, 3.05) is 4.90 Å². The predicted octanol–water partition coefficient (Wildman–Crippen LogP) is 5.52. The van der Waals surface area contributed by atoms with E-state index in [-0.39, 0.29) is 23.5 Å². The van der Waals surface area contributed by atoms with Gasteiger partial charge in [0.15, 0.2) is 5.76 Å². The van der Waals surface area contributed by atoms with Crippen molar-refractivity contribution < 1.29 is 18.8 Å². The summed E-state index contributed by atoms with van der Waals surface area (Å²) in [5.74, 6) is -2.05. The van der Waals surface area contributed by atoms with Gasteiger partial charge in [-0.3, -0.25) is 14.4 Å². The van der Waals surface area contributed by atoms with Crippen LogP contribution in [0, 0.1) is 25.7 Å². The maximum Gasteiger partial charge on any atom is 0.307 e. The van der Waals surface area contributed by atoms with Gasteiger partial charge in [0.05, 0.1) is 22.9 Å². The molecule has 7 nitrogen and oxygen atoms in total. The van der Waals surface area contributed by atoms with Crippen LogP contribution in [0.25, 0.3) is 0 Å². The van der Waals surface area contributed by atoms with Crippen molar-refractivity contribution in [1.82, 2.24) is 5.43 Å². The molecule has 40 heavy (non-hydrogen) atoms. The molecule has 1 aromatic heterocycles. The summed E-state index contributed by atoms with van der Waals surface area (Å²) < 4.78 is 5.44. The van der Waals surface area contributed by atoms with Crippen molar-refractivity contribution in [1.29, 1.82) is 0 Å². The topological polar surface area (TPSA) is 92.0 Å². The first-order valence-corrected chi connectivity index (χ1v) is 13.4. The number of aryl methyl sites for hydroxylation is 2. The van der Waals surface area contributed by atoms with E-state index in [1.165, 1.54) is 4.90 Å². The van der Waals surface area contributed by atoms with Gasteiger partial charge >= 0.3 is 5.91 Å². The van der Waals surface area contributed by atoms with Crippen LogP contribution < -0.4 is 10.3 Å². The van der Waals surface area contributed by atoms with Crippen molar-refractivity contribution in [3.63, 3.8) is 0 Å². The van der Waals surface area contributed by atoms with Crippen LogP contribution in [0.2, 0.25) is 5.02 Å². The third kappa shape index (κ3) is 3.24. The Morgan fingerprint density at radius 2 is 1.62 bits per heavy atom. The molecule has 2 atom stereocenters. The molecular formula is C32H24ClN3O4. The number of hydrogen-bond donors (Lipinski definition) is 1. The van der Waals surface area contributed by atoms with Crippen molar-refractivity contribution >= 4 is 41.2 Å². The number of rotatable bonds is 4. The molecular weight excluding hydrogens is 526 g/mol. The highest BCUT2D eigenvalue weighted by Gasteiger charge is 2.68. The summed E-state index contributed by atoms with van der Waals surface area (Å²) in [5.41, 5.74) is 6.50. The standard InChI is InChI=1S/C32H24ClN3O4/c1-17-11-13-19(33)15-24(17)36-30(38)27-26-20-7-3-5-9-22(20)32(28(27)31(36)39,23-10-6-4-8-21(23)26)16-34-35-29(37)25-14-12-18(2)40-25/h3-16,26-28H,1-2H3,(H,35,37)/b34-16-/t26?,27-,28+,32?/m0/s1. The fraction of sp³-hybridized carbons (Fsp3) is 0.188. The number of carbonyl (C=O) groups excluding carboxylic acids is 3. The van der Waals surface area contributed by atoms with E-state index < -0.39 is 23.2 Å². The van der Waals surface area contributed by atoms with Crippen LogP contribution in [0.5, 0.6) is 0 Å². The number of halogens is 1. The second-order valence-corrected chi connectivity index (χ2v) is 11.0. The fourth-order valence-electron chi connectivity index (χ4n) is 6.92. The monoisotopic (exact) mass is 549 g/mol. The average Bonchev–Trinajstić information content (AvgIpc) is 3.51. The van der Waals surface area contributed by atoms with Gasteiger partial charge in [-0.2, -0.15) is 5.10 Å². The van der Waals surface area contributed by atoms with E-state index in [1.54, 1.807) is 43.5 Å². The number of nitrogens with one attached hydrogen (secondary N) is 1. The zero-order valence-electron chi connectivity index (χ0n) is 21.7. The molecule has 3 amide bonds. The maximum absolute atomic E-state index is 14.4. The van der Waals surface area contributed by atoms with Crippen LogP contribution in [0.4, 0.5) is 5.69 Å². The lowest BCUT2D eigenvalue weighted by Gasteiger charge is -2.52. The summed E-state index contributed by atoms with van der Waals surface area (Å²) in [6.07, 6.45) is 1.63. The van der Waals surface area contributed by atoms with Gasteiger partial charge in [0.25, 0.3) is 0 Å². The second kappa shape index (κ2) is 8.76. The number of nitrogens with zero attached hydrogens (tertiary/aromatic N) is 2. The van der Waals surface area contributed by atoms with Gasteiger partial charge in [-0.15, -0.1) is 0 Å². The molecule has 3 aliphatic carbocycles. The Balaban J connectivity index is 1.42. The van der Waals surface area contributed by atoms with Crippen LogP contribution in [0.15, 0.2) is 88.4 Å². The predicted molar refractivity (Wildman–Crippen MR) is 151 cm³/mol. The van der Waals surface area contributed by atoms with Crippen LogP contribution in [-0.2, 0) is 15.0 Å². The number of hydrogen-bond acceptors (Lipinski definition) is 5. The van der Waals surface area contributed by atoms with Crippen molar-refractivity contribution in [2.45, 2.75) is 25.2 Å². The first-order valence-electron chi connectivity index (χ1n) is 13.1. The molecule has 3 aromatic carbocycles. The van der Waals surface area contributed by atoms with Crippen LogP contribution in [0.1, 0.15) is 50.1 Å². The smallest absolute Gasteiger partial charge is 0.307 e. The third-order valence-electron chi connectivity index (χ3n) is 8.49. The van der Waals surface area contributed by atoms with E-state index in [9.17, 15) is 14.4 Å². The highest BCUT2D eigenvalue weighted by molar-refractivity contribution is 6.31. The number of anilines is 1. The SMILES string of the molecule is Cc1ccc(C(=O)N/N=C\C23c4ccccc4C(c4ccccc42)[C@@H]2C(=O)N(c4cc(Cl)ccc4C)C(=O)[C@@H]23)o1. The first kappa shape index (κ1) is 24.5. The summed E-state index contributed by atoms with van der Waals surface area (Å²) in [6.45, 7) is 3.61. The maximum atomic E-state index is 14.4. The lowest BCUT2D eigenvalue weighted by atomic mass is 9.47. The van der Waals surface area contributed by atoms with Gasteiger partial charge in [-0.25, -0.2) is 10.3 Å². The summed E-state index contributed by atoms with van der Waals surface area (Å²) in [5, 5.41) is 4.85. The number of amides is 3. The Kier molecular flexibility index (Phi) is 5.38. The Morgan fingerprint density at radius 3 is 2.27 bits per heavy atom. The lowest BCUT2D eigenvalue weighted by molar-refractivity contribution is -0.122. The van der Waals surface area contributed by atoms with Crippen LogP contribution in [0.3, 0.4) is 0 Å². The van der Waals surface area contributed by atoms with Gasteiger partial charge < -0.3 is 4.42 Å². The molecule has 4 aliphatic rings. The Labute approximate surface area is 235 Å². The summed E-state index contributed by atoms with van der Waals surface area (Å²) in [6, 6.07) is 24.3. The number of benzene rings is 3. The van der Waals surface area contributed by atoms with E-state index in [2.05, 4.69) is 10.5 Å². The molecule has 1 fully saturated rings. The van der Waals surface area contributed by atoms with Crippen molar-refractivity contribution in [3.8, 4) is 0 Å². The molecule has 4 aromatic rings. The van der Waals surface area contributed by atoms with Gasteiger partial charge in [0, 0.05) is 17.2 Å². The van der Waals surface area contributed by atoms with E-state index >= 15 is 0 Å². The first-order chi connectivity index (χ1) is 19.3. The molecule has 2 bridgehead atoms. The molecule has 8 rings (SSSR count). The summed E-state index contributed by atoms with van der Waals surface area (Å²) in [4.78, 5) is 42.8. The Morgan fingerprint density at radius 1 is 0.950 bits per heavy atom. The minimum absolute atomic E-state index is 0.132. The third-order valence-corrected chi connectivity index (χ3v) is 8.73. The largest absolute Gasteiger partial charge is 0.456 e. The van der Waals surface area contributed by atoms with E-state index in [4.69, 9.17) is 16.0 Å². The molecule has 0 spiro atoms. The van der Waals surface area contributed by atoms with Gasteiger partial charge in [-0.05, 0) is 65.9 Å². The van der Waals surface area contributed by atoms with Gasteiger partial charge in [0.2, 0.25) is 11.8 Å². The Bertz CT molecular complexity index is 1730. The molecule has 198 valence electrons. The second-order valence-electron chi connectivity index (χ2n) is 10.6. The quantitative estimate of drug-likeness (QED) is 0.206. The highest BCUT2D eigenvalue weighted by Crippen LogP contribution is 2.63. The minimum Gasteiger partial charge on any atom is -0.456 e. The number of furan rings is 1. The van der Waals surface area contributed by atoms with E-state index in [1.807, 2.05) is 55.5 Å². The zero-order valence-corrected chi connectivity index (χ0v) is 22.5. The number of carbonyl (C=O) groups is 3. The molecule has 1 N–H and O–H groups in total. The van der Waals surface area contributed by atoms with E-state index in [0.717, 1.165) is 27.8 Å². The highest BCUT2D eigenvalue weighted by atomic mass is 35.5. The summed E-state index contributed by atoms with van der Waals surface area (Å²) >= 11 is 6.32. The molecule has 0 radical (unpaired) electrons. The molecule has 0 saturated carbocycles. The molecule has 2 heterocycles. The molecule has 8 heteroatoms. The van der Waals surface area contributed by atoms with Gasteiger partial charge in [-0.1, -0.05) is 66.2 Å². The van der Waals surface area contributed by atoms with Crippen LogP contribution >= 0.6 is 11.6 Å². The zero-order chi connectivity index (χ0) is 27.8. The summed E-state index contributed by atoms with van der Waals surface area (Å²) in [7, 11) is 0. The average molecular weight is 550 g/mol.